The normalized spacial score (nSPS) is 10.5. The first-order valence-corrected chi connectivity index (χ1v) is 10.4. The molecule has 0 bridgehead atoms. The molecule has 0 aromatic heterocycles. The SMILES string of the molecule is C=C/C=C(/C)C/C=C\C(=NC(=C)CC)c1ccccc1.CC.CC.CCC. The third-order valence-corrected chi connectivity index (χ3v) is 2.87. The molecule has 0 atom stereocenters. The second kappa shape index (κ2) is 23.9. The van der Waals surface area contributed by atoms with Crippen LogP contribution in [0, 0.1) is 0 Å². The van der Waals surface area contributed by atoms with Gasteiger partial charge in [-0.25, -0.2) is 0 Å². The Labute approximate surface area is 170 Å². The average Bonchev–Trinajstić information content (AvgIpc) is 2.71. The van der Waals surface area contributed by atoms with Gasteiger partial charge in [-0.05, 0) is 25.8 Å². The van der Waals surface area contributed by atoms with Gasteiger partial charge in [0.2, 0.25) is 0 Å². The molecule has 0 heterocycles. The Morgan fingerprint density at radius 2 is 1.52 bits per heavy atom. The lowest BCUT2D eigenvalue weighted by molar-refractivity contribution is 1.08. The van der Waals surface area contributed by atoms with Crippen LogP contribution < -0.4 is 0 Å². The molecular formula is C26H43N. The molecule has 1 aromatic carbocycles. The highest BCUT2D eigenvalue weighted by molar-refractivity contribution is 6.09. The lowest BCUT2D eigenvalue weighted by Gasteiger charge is -2.03. The number of aliphatic imine (C=N–C) groups is 1. The zero-order valence-electron chi connectivity index (χ0n) is 19.2. The van der Waals surface area contributed by atoms with E-state index in [2.05, 4.69) is 70.1 Å². The predicted molar refractivity (Wildman–Crippen MR) is 129 cm³/mol. The third kappa shape index (κ3) is 18.4. The molecule has 1 aromatic rings. The summed E-state index contributed by atoms with van der Waals surface area (Å²) >= 11 is 0. The van der Waals surface area contributed by atoms with Crippen LogP contribution in [-0.2, 0) is 0 Å². The van der Waals surface area contributed by atoms with Crippen molar-refractivity contribution in [3.8, 4) is 0 Å². The van der Waals surface area contributed by atoms with E-state index in [-0.39, 0.29) is 0 Å². The van der Waals surface area contributed by atoms with Crippen molar-refractivity contribution in [2.75, 3.05) is 0 Å². The minimum absolute atomic E-state index is 0.861. The lowest BCUT2D eigenvalue weighted by Crippen LogP contribution is -1.97. The summed E-state index contributed by atoms with van der Waals surface area (Å²) in [6.07, 6.45) is 11.0. The Hall–Kier alpha value is -2.15. The molecule has 0 unspecified atom stereocenters. The molecule has 152 valence electrons. The van der Waals surface area contributed by atoms with E-state index in [1.807, 2.05) is 58.0 Å². The fourth-order valence-corrected chi connectivity index (χ4v) is 1.68. The Balaban J connectivity index is -0.000000725. The zero-order chi connectivity index (χ0) is 21.5. The first-order valence-electron chi connectivity index (χ1n) is 10.4. The molecule has 0 fully saturated rings. The van der Waals surface area contributed by atoms with Crippen molar-refractivity contribution in [1.29, 1.82) is 0 Å². The average molecular weight is 370 g/mol. The summed E-state index contributed by atoms with van der Waals surface area (Å²) in [4.78, 5) is 4.60. The highest BCUT2D eigenvalue weighted by atomic mass is 14.7. The van der Waals surface area contributed by atoms with E-state index in [1.165, 1.54) is 12.0 Å². The van der Waals surface area contributed by atoms with Crippen LogP contribution in [0.25, 0.3) is 0 Å². The molecule has 27 heavy (non-hydrogen) atoms. The molecule has 1 nitrogen and oxygen atoms in total. The molecular weight excluding hydrogens is 326 g/mol. The van der Waals surface area contributed by atoms with E-state index in [0.29, 0.717) is 0 Å². The quantitative estimate of drug-likeness (QED) is 0.336. The van der Waals surface area contributed by atoms with E-state index < -0.39 is 0 Å². The van der Waals surface area contributed by atoms with E-state index >= 15 is 0 Å². The topological polar surface area (TPSA) is 12.4 Å². The molecule has 0 radical (unpaired) electrons. The van der Waals surface area contributed by atoms with Crippen LogP contribution in [-0.4, -0.2) is 5.71 Å². The smallest absolute Gasteiger partial charge is 0.0701 e. The number of nitrogens with zero attached hydrogens (tertiary/aromatic N) is 1. The predicted octanol–water partition coefficient (Wildman–Crippen LogP) is 8.95. The van der Waals surface area contributed by atoms with Gasteiger partial charge < -0.3 is 0 Å². The largest absolute Gasteiger partial charge is 0.253 e. The Morgan fingerprint density at radius 3 is 1.96 bits per heavy atom. The maximum atomic E-state index is 4.60. The first-order chi connectivity index (χ1) is 13.1. The van der Waals surface area contributed by atoms with Crippen LogP contribution in [0.15, 0.2) is 84.1 Å². The van der Waals surface area contributed by atoms with E-state index in [0.717, 1.165) is 29.8 Å². The molecule has 0 saturated carbocycles. The van der Waals surface area contributed by atoms with E-state index in [9.17, 15) is 0 Å². The van der Waals surface area contributed by atoms with Gasteiger partial charge in [-0.2, -0.15) is 0 Å². The monoisotopic (exact) mass is 369 g/mol. The van der Waals surface area contributed by atoms with Gasteiger partial charge in [-0.15, -0.1) is 0 Å². The van der Waals surface area contributed by atoms with E-state index in [4.69, 9.17) is 0 Å². The summed E-state index contributed by atoms with van der Waals surface area (Å²) < 4.78 is 0. The molecule has 0 aliphatic rings. The van der Waals surface area contributed by atoms with Crippen LogP contribution >= 0.6 is 0 Å². The highest BCUT2D eigenvalue weighted by Crippen LogP contribution is 2.09. The number of hydrogen-bond donors (Lipinski definition) is 0. The first kappa shape index (κ1) is 29.6. The molecule has 0 aliphatic carbocycles. The van der Waals surface area contributed by atoms with Crippen LogP contribution in [0.4, 0.5) is 0 Å². The Morgan fingerprint density at radius 1 is 1.00 bits per heavy atom. The summed E-state index contributed by atoms with van der Waals surface area (Å²) in [5.41, 5.74) is 4.25. The Kier molecular flexibility index (Phi) is 26.2. The lowest BCUT2D eigenvalue weighted by atomic mass is 10.1. The van der Waals surface area contributed by atoms with Gasteiger partial charge in [0.1, 0.15) is 0 Å². The van der Waals surface area contributed by atoms with Crippen molar-refractivity contribution >= 4 is 5.71 Å². The van der Waals surface area contributed by atoms with Crippen molar-refractivity contribution in [3.63, 3.8) is 0 Å². The highest BCUT2D eigenvalue weighted by Gasteiger charge is 1.99. The number of benzene rings is 1. The van der Waals surface area contributed by atoms with Gasteiger partial charge in [0.05, 0.1) is 5.71 Å². The van der Waals surface area contributed by atoms with Gasteiger partial charge in [0.15, 0.2) is 0 Å². The Bertz CT molecular complexity index is 545. The third-order valence-electron chi connectivity index (χ3n) is 2.87. The van der Waals surface area contributed by atoms with Crippen molar-refractivity contribution in [3.05, 3.63) is 84.6 Å². The second-order valence-corrected chi connectivity index (χ2v) is 5.35. The van der Waals surface area contributed by atoms with Crippen LogP contribution in [0.2, 0.25) is 0 Å². The van der Waals surface area contributed by atoms with Crippen molar-refractivity contribution in [1.82, 2.24) is 0 Å². The molecule has 1 heteroatoms. The summed E-state index contributed by atoms with van der Waals surface area (Å²) in [6.45, 7) is 24.1. The van der Waals surface area contributed by atoms with Gasteiger partial charge in [0, 0.05) is 11.3 Å². The van der Waals surface area contributed by atoms with E-state index in [1.54, 1.807) is 0 Å². The van der Waals surface area contributed by atoms with Crippen LogP contribution in [0.3, 0.4) is 0 Å². The number of rotatable bonds is 7. The maximum absolute atomic E-state index is 4.60. The van der Waals surface area contributed by atoms with Crippen molar-refractivity contribution < 1.29 is 0 Å². The molecule has 1 rings (SSSR count). The molecule has 0 amide bonds. The summed E-state index contributed by atoms with van der Waals surface area (Å²) in [7, 11) is 0. The molecule has 0 aliphatic heterocycles. The maximum Gasteiger partial charge on any atom is 0.0701 e. The molecule has 0 saturated heterocycles. The summed E-state index contributed by atoms with van der Waals surface area (Å²) in [5.74, 6) is 0. The fraction of sp³-hybridized carbons (Fsp3) is 0.423. The molecule has 0 N–H and O–H groups in total. The van der Waals surface area contributed by atoms with Crippen molar-refractivity contribution in [2.24, 2.45) is 4.99 Å². The van der Waals surface area contributed by atoms with Gasteiger partial charge in [-0.3, -0.25) is 4.99 Å². The van der Waals surface area contributed by atoms with Crippen LogP contribution in [0.1, 0.15) is 80.2 Å². The van der Waals surface area contributed by atoms with Crippen molar-refractivity contribution in [2.45, 2.75) is 74.7 Å². The summed E-state index contributed by atoms with van der Waals surface area (Å²) in [6, 6.07) is 10.2. The molecule has 0 spiro atoms. The summed E-state index contributed by atoms with van der Waals surface area (Å²) in [5, 5.41) is 0. The minimum Gasteiger partial charge on any atom is -0.253 e. The number of hydrogen-bond acceptors (Lipinski definition) is 1. The minimum atomic E-state index is 0.861. The number of allylic oxidation sites excluding steroid dienone is 6. The van der Waals surface area contributed by atoms with Gasteiger partial charge >= 0.3 is 0 Å². The van der Waals surface area contributed by atoms with Gasteiger partial charge in [-0.1, -0.05) is 122 Å². The zero-order valence-corrected chi connectivity index (χ0v) is 19.2. The van der Waals surface area contributed by atoms with Gasteiger partial charge in [0.25, 0.3) is 0 Å². The standard InChI is InChI=1S/C19H23N.C3H8.2C2H6/c1-5-11-16(3)12-10-15-19(20-17(4)6-2)18-13-8-7-9-14-18;1-3-2;2*1-2/h5,7-11,13-15H,1,4,6,12H2,2-3H3;3H2,1-2H3;2*1-2H3/b15-10-,16-11-,20-19?;;;. The second-order valence-electron chi connectivity index (χ2n) is 5.35. The van der Waals surface area contributed by atoms with Crippen LogP contribution in [0.5, 0.6) is 0 Å². The fourth-order valence-electron chi connectivity index (χ4n) is 1.68.